The standard InChI is InChI=1S/C45H28N4O/c1-3-14-29(15-4-1)43-46-44(30-16-5-2-6-17-30)48-45(47-43)31-26-27-34-32-18-7-10-22-37(32)49(39(34)28-31)38-23-11-8-19-33(38)35-21-13-25-41-42(35)36-20-9-12-24-40(36)50-41/h1-28H. The Hall–Kier alpha value is -6.85. The van der Waals surface area contributed by atoms with Gasteiger partial charge in [-0.15, -0.1) is 0 Å². The number of rotatable bonds is 5. The second-order valence-corrected chi connectivity index (χ2v) is 12.4. The maximum Gasteiger partial charge on any atom is 0.164 e. The fourth-order valence-electron chi connectivity index (χ4n) is 7.20. The SMILES string of the molecule is c1ccc(-c2nc(-c3ccccc3)nc(-c3ccc4c5ccccc5n(-c5ccccc5-c5cccc6oc7ccccc7c56)c4c3)n2)cc1. The molecule has 0 aliphatic rings. The van der Waals surface area contributed by atoms with Crippen LogP contribution in [0.4, 0.5) is 0 Å². The predicted molar refractivity (Wildman–Crippen MR) is 203 cm³/mol. The van der Waals surface area contributed by atoms with Gasteiger partial charge >= 0.3 is 0 Å². The summed E-state index contributed by atoms with van der Waals surface area (Å²) in [4.78, 5) is 15.0. The van der Waals surface area contributed by atoms with Crippen molar-refractivity contribution in [2.24, 2.45) is 0 Å². The monoisotopic (exact) mass is 640 g/mol. The van der Waals surface area contributed by atoms with Crippen molar-refractivity contribution in [3.05, 3.63) is 170 Å². The van der Waals surface area contributed by atoms with E-state index < -0.39 is 0 Å². The molecule has 5 nitrogen and oxygen atoms in total. The lowest BCUT2D eigenvalue weighted by molar-refractivity contribution is 0.669. The van der Waals surface area contributed by atoms with Crippen LogP contribution in [0.3, 0.4) is 0 Å². The van der Waals surface area contributed by atoms with Crippen LogP contribution in [0.5, 0.6) is 0 Å². The third-order valence-electron chi connectivity index (χ3n) is 9.47. The summed E-state index contributed by atoms with van der Waals surface area (Å²) in [7, 11) is 0. The van der Waals surface area contributed by atoms with E-state index in [9.17, 15) is 0 Å². The van der Waals surface area contributed by atoms with Crippen molar-refractivity contribution in [1.29, 1.82) is 0 Å². The van der Waals surface area contributed by atoms with Crippen molar-refractivity contribution in [1.82, 2.24) is 19.5 Å². The van der Waals surface area contributed by atoms with Crippen molar-refractivity contribution in [2.75, 3.05) is 0 Å². The predicted octanol–water partition coefficient (Wildman–Crippen LogP) is 11.5. The summed E-state index contributed by atoms with van der Waals surface area (Å²) in [6.07, 6.45) is 0. The average molecular weight is 641 g/mol. The van der Waals surface area contributed by atoms with Gasteiger partial charge in [0, 0.05) is 43.8 Å². The molecule has 3 aromatic heterocycles. The van der Waals surface area contributed by atoms with E-state index >= 15 is 0 Å². The van der Waals surface area contributed by atoms with E-state index in [0.717, 1.165) is 71.9 Å². The number of benzene rings is 7. The lowest BCUT2D eigenvalue weighted by Crippen LogP contribution is -2.01. The third kappa shape index (κ3) is 4.52. The summed E-state index contributed by atoms with van der Waals surface area (Å²) in [6.45, 7) is 0. The largest absolute Gasteiger partial charge is 0.456 e. The molecule has 0 atom stereocenters. The molecule has 0 unspecified atom stereocenters. The number of fused-ring (bicyclic) bond motifs is 6. The minimum absolute atomic E-state index is 0.624. The van der Waals surface area contributed by atoms with Crippen LogP contribution >= 0.6 is 0 Å². The van der Waals surface area contributed by atoms with Crippen molar-refractivity contribution < 1.29 is 4.42 Å². The van der Waals surface area contributed by atoms with Gasteiger partial charge in [-0.3, -0.25) is 0 Å². The van der Waals surface area contributed by atoms with E-state index in [2.05, 4.69) is 102 Å². The van der Waals surface area contributed by atoms with Crippen LogP contribution < -0.4 is 0 Å². The van der Waals surface area contributed by atoms with Crippen LogP contribution in [-0.2, 0) is 0 Å². The van der Waals surface area contributed by atoms with E-state index in [0.29, 0.717) is 17.5 Å². The third-order valence-corrected chi connectivity index (χ3v) is 9.47. The second kappa shape index (κ2) is 11.4. The van der Waals surface area contributed by atoms with Crippen molar-refractivity contribution in [2.45, 2.75) is 0 Å². The van der Waals surface area contributed by atoms with E-state index in [1.165, 1.54) is 5.39 Å². The topological polar surface area (TPSA) is 56.7 Å². The van der Waals surface area contributed by atoms with Gasteiger partial charge in [-0.2, -0.15) is 0 Å². The van der Waals surface area contributed by atoms with Gasteiger partial charge in [-0.25, -0.2) is 15.0 Å². The maximum absolute atomic E-state index is 6.31. The second-order valence-electron chi connectivity index (χ2n) is 12.4. The van der Waals surface area contributed by atoms with Gasteiger partial charge in [0.05, 0.1) is 16.7 Å². The highest BCUT2D eigenvalue weighted by Crippen LogP contribution is 2.42. The zero-order valence-corrected chi connectivity index (χ0v) is 26.9. The summed E-state index contributed by atoms with van der Waals surface area (Å²) in [5, 5.41) is 4.56. The van der Waals surface area contributed by atoms with E-state index in [1.54, 1.807) is 0 Å². The molecular formula is C45H28N4O. The Balaban J connectivity index is 1.23. The van der Waals surface area contributed by atoms with Crippen molar-refractivity contribution >= 4 is 43.7 Å². The van der Waals surface area contributed by atoms with Crippen molar-refractivity contribution in [3.63, 3.8) is 0 Å². The zero-order valence-electron chi connectivity index (χ0n) is 26.9. The molecular weight excluding hydrogens is 613 g/mol. The number of nitrogens with zero attached hydrogens (tertiary/aromatic N) is 4. The molecule has 10 aromatic rings. The first-order chi connectivity index (χ1) is 24.8. The first-order valence-electron chi connectivity index (χ1n) is 16.7. The minimum atomic E-state index is 0.624. The Kier molecular flexibility index (Phi) is 6.42. The Bertz CT molecular complexity index is 2810. The normalized spacial score (nSPS) is 11.6. The van der Waals surface area contributed by atoms with Gasteiger partial charge in [0.15, 0.2) is 17.5 Å². The van der Waals surface area contributed by atoms with E-state index in [4.69, 9.17) is 19.4 Å². The highest BCUT2D eigenvalue weighted by atomic mass is 16.3. The van der Waals surface area contributed by atoms with Crippen LogP contribution in [0.15, 0.2) is 174 Å². The minimum Gasteiger partial charge on any atom is -0.456 e. The molecule has 0 fully saturated rings. The summed E-state index contributed by atoms with van der Waals surface area (Å²) < 4.78 is 8.68. The molecule has 3 heterocycles. The van der Waals surface area contributed by atoms with Gasteiger partial charge in [-0.05, 0) is 35.9 Å². The molecule has 0 N–H and O–H groups in total. The number of furan rings is 1. The molecule has 7 aromatic carbocycles. The van der Waals surface area contributed by atoms with Gasteiger partial charge in [0.2, 0.25) is 0 Å². The van der Waals surface area contributed by atoms with Gasteiger partial charge < -0.3 is 8.98 Å². The van der Waals surface area contributed by atoms with E-state index in [1.807, 2.05) is 72.8 Å². The Morgan fingerprint density at radius 3 is 1.70 bits per heavy atom. The maximum atomic E-state index is 6.31. The molecule has 0 aliphatic heterocycles. The summed E-state index contributed by atoms with van der Waals surface area (Å²) in [6, 6.07) is 58.6. The Morgan fingerprint density at radius 1 is 0.380 bits per heavy atom. The van der Waals surface area contributed by atoms with Gasteiger partial charge in [-0.1, -0.05) is 140 Å². The fraction of sp³-hybridized carbons (Fsp3) is 0. The van der Waals surface area contributed by atoms with Crippen LogP contribution in [0.1, 0.15) is 0 Å². The average Bonchev–Trinajstić information content (AvgIpc) is 3.74. The molecule has 0 amide bonds. The zero-order chi connectivity index (χ0) is 33.0. The molecule has 0 spiro atoms. The highest BCUT2D eigenvalue weighted by Gasteiger charge is 2.20. The molecule has 0 saturated heterocycles. The van der Waals surface area contributed by atoms with Crippen molar-refractivity contribution in [3.8, 4) is 51.0 Å². The highest BCUT2D eigenvalue weighted by molar-refractivity contribution is 6.14. The van der Waals surface area contributed by atoms with Crippen LogP contribution in [0.2, 0.25) is 0 Å². The Morgan fingerprint density at radius 2 is 0.940 bits per heavy atom. The van der Waals surface area contributed by atoms with Crippen LogP contribution in [0, 0.1) is 0 Å². The van der Waals surface area contributed by atoms with Gasteiger partial charge in [0.1, 0.15) is 11.2 Å². The quantitative estimate of drug-likeness (QED) is 0.188. The summed E-state index contributed by atoms with van der Waals surface area (Å²) in [5.74, 6) is 1.90. The molecule has 0 aliphatic carbocycles. The first-order valence-corrected chi connectivity index (χ1v) is 16.7. The molecule has 5 heteroatoms. The van der Waals surface area contributed by atoms with E-state index in [-0.39, 0.29) is 0 Å². The lowest BCUT2D eigenvalue weighted by Gasteiger charge is -2.15. The molecule has 0 radical (unpaired) electrons. The van der Waals surface area contributed by atoms with Crippen LogP contribution in [0.25, 0.3) is 94.7 Å². The number of aromatic nitrogens is 4. The summed E-state index contributed by atoms with van der Waals surface area (Å²) >= 11 is 0. The summed E-state index contributed by atoms with van der Waals surface area (Å²) in [5.41, 5.74) is 10.1. The number of hydrogen-bond donors (Lipinski definition) is 0. The lowest BCUT2D eigenvalue weighted by atomic mass is 9.97. The molecule has 10 rings (SSSR count). The molecule has 234 valence electrons. The number of hydrogen-bond acceptors (Lipinski definition) is 4. The number of para-hydroxylation sites is 3. The van der Waals surface area contributed by atoms with Crippen LogP contribution in [-0.4, -0.2) is 19.5 Å². The molecule has 0 bridgehead atoms. The molecule has 50 heavy (non-hydrogen) atoms. The van der Waals surface area contributed by atoms with Gasteiger partial charge in [0.25, 0.3) is 0 Å². The Labute approximate surface area is 287 Å². The molecule has 0 saturated carbocycles. The first kappa shape index (κ1) is 28.2. The smallest absolute Gasteiger partial charge is 0.164 e. The fourth-order valence-corrected chi connectivity index (χ4v) is 7.20.